The molecule has 0 aromatic heterocycles. The molecule has 5 nitrogen and oxygen atoms in total. The van der Waals surface area contributed by atoms with Crippen LogP contribution in [0.15, 0.2) is 29.4 Å². The molecule has 1 N–H and O–H groups in total. The Morgan fingerprint density at radius 1 is 1.54 bits per heavy atom. The highest BCUT2D eigenvalue weighted by Crippen LogP contribution is 2.17. The molecule has 1 aromatic rings. The number of rotatable bonds is 2. The van der Waals surface area contributed by atoms with Crippen molar-refractivity contribution in [2.75, 3.05) is 0 Å². The van der Waals surface area contributed by atoms with Crippen molar-refractivity contribution >= 4 is 11.4 Å². The van der Waals surface area contributed by atoms with Crippen LogP contribution in [0.25, 0.3) is 0 Å². The van der Waals surface area contributed by atoms with E-state index in [9.17, 15) is 10.1 Å². The van der Waals surface area contributed by atoms with Crippen LogP contribution in [0.5, 0.6) is 0 Å². The fourth-order valence-electron chi connectivity index (χ4n) is 0.993. The molecule has 0 spiro atoms. The molecule has 0 atom stereocenters. The Balaban J connectivity index is 3.28. The zero-order chi connectivity index (χ0) is 9.84. The lowest BCUT2D eigenvalue weighted by molar-refractivity contribution is -0.385. The van der Waals surface area contributed by atoms with Gasteiger partial charge in [-0.2, -0.15) is 0 Å². The summed E-state index contributed by atoms with van der Waals surface area (Å²) in [6.07, 6.45) is 0. The summed E-state index contributed by atoms with van der Waals surface area (Å²) in [6, 6.07) is 6.11. The van der Waals surface area contributed by atoms with Crippen LogP contribution < -0.4 is 0 Å². The predicted octanol–water partition coefficient (Wildman–Crippen LogP) is 1.79. The Kier molecular flexibility index (Phi) is 2.59. The molecule has 13 heavy (non-hydrogen) atoms. The number of benzene rings is 1. The molecule has 1 rings (SSSR count). The van der Waals surface area contributed by atoms with Crippen molar-refractivity contribution in [3.05, 3.63) is 39.9 Å². The first-order valence-electron chi connectivity index (χ1n) is 3.59. The van der Waals surface area contributed by atoms with Crippen molar-refractivity contribution in [2.45, 2.75) is 6.92 Å². The minimum atomic E-state index is -0.510. The lowest BCUT2D eigenvalue weighted by atomic mass is 10.1. The summed E-state index contributed by atoms with van der Waals surface area (Å²) in [5, 5.41) is 21.9. The zero-order valence-electron chi connectivity index (χ0n) is 6.97. The van der Waals surface area contributed by atoms with Gasteiger partial charge in [-0.3, -0.25) is 10.1 Å². The maximum Gasteiger partial charge on any atom is 0.278 e. The molecule has 0 bridgehead atoms. The Hall–Kier alpha value is -1.91. The zero-order valence-corrected chi connectivity index (χ0v) is 6.97. The van der Waals surface area contributed by atoms with Gasteiger partial charge in [0.25, 0.3) is 5.69 Å². The summed E-state index contributed by atoms with van der Waals surface area (Å²) in [5.74, 6) is 0. The number of hydrogen-bond donors (Lipinski definition) is 1. The van der Waals surface area contributed by atoms with Gasteiger partial charge < -0.3 is 5.21 Å². The Morgan fingerprint density at radius 3 is 2.69 bits per heavy atom. The summed E-state index contributed by atoms with van der Waals surface area (Å²) in [6.45, 7) is 1.50. The van der Waals surface area contributed by atoms with E-state index < -0.39 is 4.92 Å². The normalized spacial score (nSPS) is 11.3. The fraction of sp³-hybridized carbons (Fsp3) is 0.125. The van der Waals surface area contributed by atoms with Crippen molar-refractivity contribution in [3.63, 3.8) is 0 Å². The Morgan fingerprint density at radius 2 is 2.15 bits per heavy atom. The molecular weight excluding hydrogens is 172 g/mol. The van der Waals surface area contributed by atoms with Gasteiger partial charge in [0.05, 0.1) is 16.2 Å². The Bertz CT molecular complexity index is 360. The van der Waals surface area contributed by atoms with Gasteiger partial charge in [-0.05, 0) is 13.0 Å². The summed E-state index contributed by atoms with van der Waals surface area (Å²) < 4.78 is 0. The van der Waals surface area contributed by atoms with Crippen molar-refractivity contribution in [1.29, 1.82) is 0 Å². The van der Waals surface area contributed by atoms with Crippen LogP contribution in [0.3, 0.4) is 0 Å². The van der Waals surface area contributed by atoms with Crippen LogP contribution >= 0.6 is 0 Å². The topological polar surface area (TPSA) is 75.7 Å². The number of nitrogens with zero attached hydrogens (tertiary/aromatic N) is 2. The number of para-hydroxylation sites is 1. The second kappa shape index (κ2) is 3.66. The predicted molar refractivity (Wildman–Crippen MR) is 47.1 cm³/mol. The highest BCUT2D eigenvalue weighted by atomic mass is 16.6. The van der Waals surface area contributed by atoms with E-state index in [1.807, 2.05) is 0 Å². The average molecular weight is 180 g/mol. The van der Waals surface area contributed by atoms with E-state index in [1.165, 1.54) is 19.1 Å². The lowest BCUT2D eigenvalue weighted by Gasteiger charge is -1.98. The van der Waals surface area contributed by atoms with E-state index >= 15 is 0 Å². The van der Waals surface area contributed by atoms with E-state index in [1.54, 1.807) is 12.1 Å². The summed E-state index contributed by atoms with van der Waals surface area (Å²) in [7, 11) is 0. The fourth-order valence-corrected chi connectivity index (χ4v) is 0.993. The number of nitro groups is 1. The van der Waals surface area contributed by atoms with Crippen molar-refractivity contribution < 1.29 is 10.1 Å². The van der Waals surface area contributed by atoms with E-state index in [0.29, 0.717) is 5.56 Å². The van der Waals surface area contributed by atoms with Crippen LogP contribution in [0.4, 0.5) is 5.69 Å². The maximum absolute atomic E-state index is 10.5. The molecule has 0 amide bonds. The summed E-state index contributed by atoms with van der Waals surface area (Å²) in [4.78, 5) is 10.0. The highest BCUT2D eigenvalue weighted by molar-refractivity contribution is 6.01. The minimum absolute atomic E-state index is 0.0576. The van der Waals surface area contributed by atoms with Crippen LogP contribution in [0, 0.1) is 10.1 Å². The van der Waals surface area contributed by atoms with E-state index in [0.717, 1.165) is 0 Å². The number of oxime groups is 1. The molecule has 5 heteroatoms. The van der Waals surface area contributed by atoms with Gasteiger partial charge in [-0.25, -0.2) is 0 Å². The molecule has 0 unspecified atom stereocenters. The molecule has 0 heterocycles. The molecule has 0 saturated heterocycles. The van der Waals surface area contributed by atoms with Crippen LogP contribution in [-0.2, 0) is 0 Å². The molecule has 1 aromatic carbocycles. The van der Waals surface area contributed by atoms with Crippen molar-refractivity contribution in [1.82, 2.24) is 0 Å². The summed E-state index contributed by atoms with van der Waals surface area (Å²) >= 11 is 0. The third-order valence-corrected chi connectivity index (χ3v) is 1.64. The SMILES string of the molecule is CC(=NO)c1ccccc1[N+](=O)[O-]. The molecule has 0 radical (unpaired) electrons. The van der Waals surface area contributed by atoms with Gasteiger partial charge in [-0.15, -0.1) is 0 Å². The quantitative estimate of drug-likeness (QED) is 0.326. The first kappa shape index (κ1) is 9.18. The number of nitro benzene ring substituents is 1. The molecular formula is C8H8N2O3. The average Bonchev–Trinajstić information content (AvgIpc) is 2.16. The monoisotopic (exact) mass is 180 g/mol. The standard InChI is InChI=1S/C8H8N2O3/c1-6(9-11)7-4-2-3-5-8(7)10(12)13/h2-5,11H,1H3. The first-order valence-corrected chi connectivity index (χ1v) is 3.59. The van der Waals surface area contributed by atoms with Gasteiger partial charge in [0, 0.05) is 6.07 Å². The molecule has 0 aliphatic carbocycles. The summed E-state index contributed by atoms with van der Waals surface area (Å²) in [5.41, 5.74) is 0.500. The maximum atomic E-state index is 10.5. The Labute approximate surface area is 74.5 Å². The largest absolute Gasteiger partial charge is 0.411 e. The highest BCUT2D eigenvalue weighted by Gasteiger charge is 2.14. The van der Waals surface area contributed by atoms with E-state index in [2.05, 4.69) is 5.16 Å². The number of hydrogen-bond acceptors (Lipinski definition) is 4. The van der Waals surface area contributed by atoms with Crippen LogP contribution in [-0.4, -0.2) is 15.8 Å². The molecule has 0 aliphatic heterocycles. The van der Waals surface area contributed by atoms with E-state index in [4.69, 9.17) is 5.21 Å². The van der Waals surface area contributed by atoms with Crippen LogP contribution in [0.1, 0.15) is 12.5 Å². The van der Waals surface area contributed by atoms with Gasteiger partial charge in [-0.1, -0.05) is 17.3 Å². The minimum Gasteiger partial charge on any atom is -0.411 e. The third kappa shape index (κ3) is 1.81. The van der Waals surface area contributed by atoms with Gasteiger partial charge >= 0.3 is 0 Å². The third-order valence-electron chi connectivity index (χ3n) is 1.64. The molecule has 0 fully saturated rings. The van der Waals surface area contributed by atoms with Gasteiger partial charge in [0.15, 0.2) is 0 Å². The second-order valence-corrected chi connectivity index (χ2v) is 2.46. The van der Waals surface area contributed by atoms with Gasteiger partial charge in [0.2, 0.25) is 0 Å². The van der Waals surface area contributed by atoms with E-state index in [-0.39, 0.29) is 11.4 Å². The first-order chi connectivity index (χ1) is 6.16. The van der Waals surface area contributed by atoms with Crippen molar-refractivity contribution in [3.8, 4) is 0 Å². The smallest absolute Gasteiger partial charge is 0.278 e. The second-order valence-electron chi connectivity index (χ2n) is 2.46. The van der Waals surface area contributed by atoms with Crippen LogP contribution in [0.2, 0.25) is 0 Å². The lowest BCUT2D eigenvalue weighted by Crippen LogP contribution is -2.00. The molecule has 68 valence electrons. The molecule has 0 saturated carbocycles. The van der Waals surface area contributed by atoms with Gasteiger partial charge in [0.1, 0.15) is 0 Å². The van der Waals surface area contributed by atoms with Crippen molar-refractivity contribution in [2.24, 2.45) is 5.16 Å². The molecule has 0 aliphatic rings.